The standard InChI is InChI=1S/C13H14F3NO2/c14-10-3-9(4-11(15)13(10)16)7-17-2-1-8(6-17)5-12(18)19/h3-4,8H,1-2,5-7H2,(H,18,19). The highest BCUT2D eigenvalue weighted by atomic mass is 19.2. The van der Waals surface area contributed by atoms with Crippen molar-refractivity contribution in [2.45, 2.75) is 19.4 Å². The molecule has 1 N–H and O–H groups in total. The first-order chi connectivity index (χ1) is 8.95. The highest BCUT2D eigenvalue weighted by molar-refractivity contribution is 5.67. The van der Waals surface area contributed by atoms with Crippen LogP contribution in [0.5, 0.6) is 0 Å². The van der Waals surface area contributed by atoms with E-state index in [4.69, 9.17) is 5.11 Å². The molecule has 1 saturated heterocycles. The van der Waals surface area contributed by atoms with Crippen molar-refractivity contribution in [2.75, 3.05) is 13.1 Å². The van der Waals surface area contributed by atoms with Gasteiger partial charge in [0.15, 0.2) is 17.5 Å². The second kappa shape index (κ2) is 5.61. The van der Waals surface area contributed by atoms with Crippen LogP contribution in [0.25, 0.3) is 0 Å². The highest BCUT2D eigenvalue weighted by Crippen LogP contribution is 2.22. The van der Waals surface area contributed by atoms with E-state index in [1.165, 1.54) is 0 Å². The van der Waals surface area contributed by atoms with Crippen LogP contribution in [-0.2, 0) is 11.3 Å². The Morgan fingerprint density at radius 3 is 2.53 bits per heavy atom. The van der Waals surface area contributed by atoms with Crippen LogP contribution in [0.3, 0.4) is 0 Å². The molecular weight excluding hydrogens is 259 g/mol. The van der Waals surface area contributed by atoms with E-state index in [0.717, 1.165) is 18.6 Å². The number of nitrogens with zero attached hydrogens (tertiary/aromatic N) is 1. The van der Waals surface area contributed by atoms with Crippen molar-refractivity contribution < 1.29 is 23.1 Å². The maximum atomic E-state index is 13.1. The van der Waals surface area contributed by atoms with Crippen molar-refractivity contribution in [1.29, 1.82) is 0 Å². The van der Waals surface area contributed by atoms with Gasteiger partial charge in [-0.05, 0) is 36.6 Å². The van der Waals surface area contributed by atoms with E-state index in [9.17, 15) is 18.0 Å². The molecule has 1 heterocycles. The number of carboxylic acid groups (broad SMARTS) is 1. The van der Waals surface area contributed by atoms with Crippen LogP contribution in [0, 0.1) is 23.4 Å². The van der Waals surface area contributed by atoms with Gasteiger partial charge in [0.2, 0.25) is 0 Å². The Balaban J connectivity index is 1.97. The van der Waals surface area contributed by atoms with Crippen LogP contribution < -0.4 is 0 Å². The zero-order valence-corrected chi connectivity index (χ0v) is 10.2. The average Bonchev–Trinajstić information content (AvgIpc) is 2.72. The van der Waals surface area contributed by atoms with Gasteiger partial charge in [0.25, 0.3) is 0 Å². The second-order valence-electron chi connectivity index (χ2n) is 4.86. The quantitative estimate of drug-likeness (QED) is 0.856. The number of rotatable bonds is 4. The molecule has 0 radical (unpaired) electrons. The van der Waals surface area contributed by atoms with Gasteiger partial charge in [-0.25, -0.2) is 13.2 Å². The van der Waals surface area contributed by atoms with Crippen molar-refractivity contribution in [3.8, 4) is 0 Å². The Labute approximate surface area is 108 Å². The Morgan fingerprint density at radius 1 is 1.32 bits per heavy atom. The molecule has 1 unspecified atom stereocenters. The predicted molar refractivity (Wildman–Crippen MR) is 62.0 cm³/mol. The van der Waals surface area contributed by atoms with Gasteiger partial charge < -0.3 is 5.11 Å². The van der Waals surface area contributed by atoms with Crippen LogP contribution >= 0.6 is 0 Å². The molecule has 1 aliphatic heterocycles. The van der Waals surface area contributed by atoms with Gasteiger partial charge in [0.1, 0.15) is 0 Å². The fourth-order valence-electron chi connectivity index (χ4n) is 2.43. The normalized spacial score (nSPS) is 19.8. The molecular formula is C13H14F3NO2. The number of carbonyl (C=O) groups is 1. The zero-order valence-electron chi connectivity index (χ0n) is 10.2. The summed E-state index contributed by atoms with van der Waals surface area (Å²) in [4.78, 5) is 12.5. The summed E-state index contributed by atoms with van der Waals surface area (Å²) < 4.78 is 38.9. The Morgan fingerprint density at radius 2 is 1.95 bits per heavy atom. The minimum Gasteiger partial charge on any atom is -0.481 e. The van der Waals surface area contributed by atoms with E-state index in [-0.39, 0.29) is 12.3 Å². The molecule has 1 aliphatic rings. The lowest BCUT2D eigenvalue weighted by atomic mass is 10.1. The van der Waals surface area contributed by atoms with Crippen molar-refractivity contribution in [3.05, 3.63) is 35.1 Å². The fourth-order valence-corrected chi connectivity index (χ4v) is 2.43. The number of benzene rings is 1. The molecule has 0 aromatic heterocycles. The molecule has 1 aromatic carbocycles. The Kier molecular flexibility index (Phi) is 4.09. The SMILES string of the molecule is O=C(O)CC1CCN(Cc2cc(F)c(F)c(F)c2)C1. The average molecular weight is 273 g/mol. The van der Waals surface area contributed by atoms with Crippen molar-refractivity contribution in [3.63, 3.8) is 0 Å². The van der Waals surface area contributed by atoms with E-state index in [1.54, 1.807) is 0 Å². The van der Waals surface area contributed by atoms with Crippen LogP contribution in [0.1, 0.15) is 18.4 Å². The van der Waals surface area contributed by atoms with Gasteiger partial charge in [-0.2, -0.15) is 0 Å². The van der Waals surface area contributed by atoms with E-state index in [0.29, 0.717) is 25.2 Å². The first-order valence-electron chi connectivity index (χ1n) is 6.03. The van der Waals surface area contributed by atoms with E-state index in [1.807, 2.05) is 4.90 Å². The van der Waals surface area contributed by atoms with E-state index >= 15 is 0 Å². The summed E-state index contributed by atoms with van der Waals surface area (Å²) in [5.74, 6) is -4.64. The maximum Gasteiger partial charge on any atom is 0.303 e. The monoisotopic (exact) mass is 273 g/mol. The molecule has 0 saturated carbocycles. The van der Waals surface area contributed by atoms with Crippen LogP contribution in [0.4, 0.5) is 13.2 Å². The Bertz CT molecular complexity index is 470. The Hall–Kier alpha value is -1.56. The summed E-state index contributed by atoms with van der Waals surface area (Å²) in [6, 6.07) is 1.95. The number of hydrogen-bond acceptors (Lipinski definition) is 2. The van der Waals surface area contributed by atoms with Gasteiger partial charge in [-0.15, -0.1) is 0 Å². The number of carboxylic acids is 1. The third-order valence-electron chi connectivity index (χ3n) is 3.28. The smallest absolute Gasteiger partial charge is 0.303 e. The summed E-state index contributed by atoms with van der Waals surface area (Å²) >= 11 is 0. The van der Waals surface area contributed by atoms with Crippen LogP contribution in [0.2, 0.25) is 0 Å². The molecule has 0 amide bonds. The van der Waals surface area contributed by atoms with Gasteiger partial charge in [0.05, 0.1) is 0 Å². The lowest BCUT2D eigenvalue weighted by Gasteiger charge is -2.16. The molecule has 1 atom stereocenters. The lowest BCUT2D eigenvalue weighted by Crippen LogP contribution is -2.21. The van der Waals surface area contributed by atoms with Crippen molar-refractivity contribution >= 4 is 5.97 Å². The zero-order chi connectivity index (χ0) is 14.0. The van der Waals surface area contributed by atoms with Gasteiger partial charge in [0, 0.05) is 19.5 Å². The molecule has 2 rings (SSSR count). The molecule has 6 heteroatoms. The van der Waals surface area contributed by atoms with Crippen molar-refractivity contribution in [1.82, 2.24) is 4.90 Å². The van der Waals surface area contributed by atoms with Crippen LogP contribution in [-0.4, -0.2) is 29.1 Å². The summed E-state index contributed by atoms with van der Waals surface area (Å²) in [6.45, 7) is 1.55. The highest BCUT2D eigenvalue weighted by Gasteiger charge is 2.24. The van der Waals surface area contributed by atoms with Gasteiger partial charge in [-0.3, -0.25) is 9.69 Å². The molecule has 3 nitrogen and oxygen atoms in total. The molecule has 19 heavy (non-hydrogen) atoms. The first kappa shape index (κ1) is 13.9. The minimum atomic E-state index is -1.46. The van der Waals surface area contributed by atoms with Crippen molar-refractivity contribution in [2.24, 2.45) is 5.92 Å². The topological polar surface area (TPSA) is 40.5 Å². The maximum absolute atomic E-state index is 13.1. The summed E-state index contributed by atoms with van der Waals surface area (Å²) in [5, 5.41) is 8.69. The first-order valence-corrected chi connectivity index (χ1v) is 6.03. The van der Waals surface area contributed by atoms with E-state index < -0.39 is 23.4 Å². The molecule has 1 fully saturated rings. The summed E-state index contributed by atoms with van der Waals surface area (Å²) in [6.07, 6.45) is 0.848. The van der Waals surface area contributed by atoms with E-state index in [2.05, 4.69) is 0 Å². The predicted octanol–water partition coefficient (Wildman–Crippen LogP) is 2.40. The molecule has 0 spiro atoms. The third kappa shape index (κ3) is 3.47. The minimum absolute atomic E-state index is 0.0626. The molecule has 104 valence electrons. The molecule has 0 bridgehead atoms. The lowest BCUT2D eigenvalue weighted by molar-refractivity contribution is -0.138. The summed E-state index contributed by atoms with van der Waals surface area (Å²) in [7, 11) is 0. The molecule has 0 aliphatic carbocycles. The second-order valence-corrected chi connectivity index (χ2v) is 4.86. The fraction of sp³-hybridized carbons (Fsp3) is 0.462. The number of aliphatic carboxylic acids is 1. The number of likely N-dealkylation sites (tertiary alicyclic amines) is 1. The third-order valence-corrected chi connectivity index (χ3v) is 3.28. The number of hydrogen-bond donors (Lipinski definition) is 1. The molecule has 1 aromatic rings. The summed E-state index contributed by atoms with van der Waals surface area (Å²) in [5.41, 5.74) is 0.354. The van der Waals surface area contributed by atoms with Crippen LogP contribution in [0.15, 0.2) is 12.1 Å². The van der Waals surface area contributed by atoms with Gasteiger partial charge in [-0.1, -0.05) is 0 Å². The van der Waals surface area contributed by atoms with Gasteiger partial charge >= 0.3 is 5.97 Å². The largest absolute Gasteiger partial charge is 0.481 e. The number of halogens is 3.